The van der Waals surface area contributed by atoms with E-state index < -0.39 is 0 Å². The molecule has 0 bridgehead atoms. The molecule has 0 spiro atoms. The normalized spacial score (nSPS) is 10.1. The van der Waals surface area contributed by atoms with E-state index in [4.69, 9.17) is 0 Å². The number of H-pyrrole nitrogens is 1. The molecule has 2 aromatic rings. The van der Waals surface area contributed by atoms with Crippen LogP contribution in [0.5, 0.6) is 0 Å². The third-order valence-corrected chi connectivity index (χ3v) is 3.03. The lowest BCUT2D eigenvalue weighted by Crippen LogP contribution is -2.14. The second kappa shape index (κ2) is 6.05. The van der Waals surface area contributed by atoms with Gasteiger partial charge in [0.05, 0.1) is 11.9 Å². The number of carbonyl (C=O) groups is 1. The van der Waals surface area contributed by atoms with Crippen molar-refractivity contribution in [3.63, 3.8) is 0 Å². The Balaban J connectivity index is 1.70. The number of hydrogen-bond acceptors (Lipinski definition) is 4. The number of nitrogens with one attached hydrogen (secondary N) is 2. The third kappa shape index (κ3) is 3.92. The molecule has 2 aromatic heterocycles. The highest BCUT2D eigenvalue weighted by Gasteiger charge is 2.03. The summed E-state index contributed by atoms with van der Waals surface area (Å²) in [6.45, 7) is 0. The highest BCUT2D eigenvalue weighted by Crippen LogP contribution is 2.11. The maximum absolute atomic E-state index is 11.5. The first-order chi connectivity index (χ1) is 8.34. The molecule has 5 nitrogen and oxygen atoms in total. The van der Waals surface area contributed by atoms with E-state index in [0.717, 1.165) is 5.75 Å². The molecular formula is C11H12N4OS. The van der Waals surface area contributed by atoms with E-state index >= 15 is 0 Å². The Kier molecular flexibility index (Phi) is 4.15. The van der Waals surface area contributed by atoms with Crippen molar-refractivity contribution in [2.75, 3.05) is 11.1 Å². The van der Waals surface area contributed by atoms with Crippen LogP contribution < -0.4 is 5.32 Å². The standard InChI is InChI=1S/C11H12N4OS/c16-11(14-10-3-6-13-15-10)8-17-7-9-1-4-12-5-2-9/h1-6H,7-8H2,(H2,13,14,15,16). The van der Waals surface area contributed by atoms with Crippen LogP contribution in [0, 0.1) is 0 Å². The largest absolute Gasteiger partial charge is 0.310 e. The number of hydrogen-bond donors (Lipinski definition) is 2. The van der Waals surface area contributed by atoms with Crippen LogP contribution in [0.25, 0.3) is 0 Å². The van der Waals surface area contributed by atoms with Crippen molar-refractivity contribution in [2.24, 2.45) is 0 Å². The molecular weight excluding hydrogens is 236 g/mol. The summed E-state index contributed by atoms with van der Waals surface area (Å²) in [6, 6.07) is 5.60. The summed E-state index contributed by atoms with van der Waals surface area (Å²) < 4.78 is 0. The van der Waals surface area contributed by atoms with Gasteiger partial charge in [0.1, 0.15) is 5.82 Å². The quantitative estimate of drug-likeness (QED) is 0.844. The summed E-state index contributed by atoms with van der Waals surface area (Å²) in [5.41, 5.74) is 1.17. The molecule has 0 unspecified atom stereocenters. The highest BCUT2D eigenvalue weighted by atomic mass is 32.2. The minimum absolute atomic E-state index is 0.0340. The zero-order valence-electron chi connectivity index (χ0n) is 9.09. The van der Waals surface area contributed by atoms with E-state index in [0.29, 0.717) is 11.6 Å². The van der Waals surface area contributed by atoms with Gasteiger partial charge >= 0.3 is 0 Å². The fraction of sp³-hybridized carbons (Fsp3) is 0.182. The maximum Gasteiger partial charge on any atom is 0.235 e. The molecule has 1 amide bonds. The summed E-state index contributed by atoms with van der Waals surface area (Å²) in [7, 11) is 0. The molecule has 2 N–H and O–H groups in total. The van der Waals surface area contributed by atoms with Crippen LogP contribution in [-0.2, 0) is 10.5 Å². The lowest BCUT2D eigenvalue weighted by molar-refractivity contribution is -0.113. The molecule has 0 atom stereocenters. The van der Waals surface area contributed by atoms with E-state index in [1.165, 1.54) is 5.56 Å². The Morgan fingerprint density at radius 1 is 1.29 bits per heavy atom. The number of nitrogens with zero attached hydrogens (tertiary/aromatic N) is 2. The fourth-order valence-corrected chi connectivity index (χ4v) is 2.04. The van der Waals surface area contributed by atoms with E-state index in [-0.39, 0.29) is 5.91 Å². The first-order valence-corrected chi connectivity index (χ1v) is 6.26. The predicted octanol–water partition coefficient (Wildman–Crippen LogP) is 1.68. The summed E-state index contributed by atoms with van der Waals surface area (Å²) in [4.78, 5) is 15.4. The Labute approximate surface area is 103 Å². The average Bonchev–Trinajstić information content (AvgIpc) is 2.83. The molecule has 2 heterocycles. The minimum atomic E-state index is -0.0340. The van der Waals surface area contributed by atoms with E-state index in [1.54, 1.807) is 36.4 Å². The van der Waals surface area contributed by atoms with Crippen LogP contribution in [0.15, 0.2) is 36.8 Å². The van der Waals surface area contributed by atoms with Crippen LogP contribution in [-0.4, -0.2) is 26.8 Å². The predicted molar refractivity (Wildman–Crippen MR) is 67.6 cm³/mol. The van der Waals surface area contributed by atoms with Gasteiger partial charge < -0.3 is 5.32 Å². The number of anilines is 1. The second-order valence-electron chi connectivity index (χ2n) is 3.37. The van der Waals surface area contributed by atoms with Gasteiger partial charge in [-0.3, -0.25) is 14.9 Å². The number of aromatic amines is 1. The first-order valence-electron chi connectivity index (χ1n) is 5.10. The van der Waals surface area contributed by atoms with E-state index in [1.807, 2.05) is 12.1 Å². The van der Waals surface area contributed by atoms with Gasteiger partial charge in [-0.15, -0.1) is 11.8 Å². The SMILES string of the molecule is O=C(CSCc1ccncc1)Nc1ccn[nH]1. The summed E-state index contributed by atoms with van der Waals surface area (Å²) in [5, 5.41) is 9.14. The third-order valence-electron chi connectivity index (χ3n) is 2.03. The zero-order valence-corrected chi connectivity index (χ0v) is 9.91. The van der Waals surface area contributed by atoms with Crippen LogP contribution in [0.3, 0.4) is 0 Å². The lowest BCUT2D eigenvalue weighted by Gasteiger charge is -2.02. The van der Waals surface area contributed by atoms with Gasteiger partial charge in [0.15, 0.2) is 0 Å². The number of pyridine rings is 1. The number of amides is 1. The molecule has 0 aliphatic carbocycles. The molecule has 0 aliphatic rings. The molecule has 0 fully saturated rings. The van der Waals surface area contributed by atoms with Gasteiger partial charge in [0, 0.05) is 24.2 Å². The van der Waals surface area contributed by atoms with Crippen molar-refractivity contribution in [1.29, 1.82) is 0 Å². The minimum Gasteiger partial charge on any atom is -0.310 e. The zero-order chi connectivity index (χ0) is 11.9. The monoisotopic (exact) mass is 248 g/mol. The molecule has 2 rings (SSSR count). The van der Waals surface area contributed by atoms with E-state index in [9.17, 15) is 4.79 Å². The van der Waals surface area contributed by atoms with Gasteiger partial charge in [-0.05, 0) is 17.7 Å². The summed E-state index contributed by atoms with van der Waals surface area (Å²) in [5.74, 6) is 1.81. The number of rotatable bonds is 5. The topological polar surface area (TPSA) is 70.7 Å². The number of carbonyl (C=O) groups excluding carboxylic acids is 1. The molecule has 0 saturated heterocycles. The van der Waals surface area contributed by atoms with Crippen LogP contribution >= 0.6 is 11.8 Å². The summed E-state index contributed by atoms with van der Waals surface area (Å²) in [6.07, 6.45) is 5.10. The smallest absolute Gasteiger partial charge is 0.235 e. The fourth-order valence-electron chi connectivity index (χ4n) is 1.25. The van der Waals surface area contributed by atoms with Crippen molar-refractivity contribution in [2.45, 2.75) is 5.75 Å². The lowest BCUT2D eigenvalue weighted by atomic mass is 10.3. The first kappa shape index (κ1) is 11.7. The number of thioether (sulfide) groups is 1. The van der Waals surface area contributed by atoms with Gasteiger partial charge in [0.2, 0.25) is 5.91 Å². The number of aromatic nitrogens is 3. The Morgan fingerprint density at radius 2 is 2.12 bits per heavy atom. The maximum atomic E-state index is 11.5. The van der Waals surface area contributed by atoms with Gasteiger partial charge in [-0.25, -0.2) is 0 Å². The molecule has 17 heavy (non-hydrogen) atoms. The molecule has 88 valence electrons. The van der Waals surface area contributed by atoms with Crippen LogP contribution in [0.2, 0.25) is 0 Å². The Morgan fingerprint density at radius 3 is 2.82 bits per heavy atom. The van der Waals surface area contributed by atoms with Gasteiger partial charge in [-0.1, -0.05) is 0 Å². The van der Waals surface area contributed by atoms with Crippen LogP contribution in [0.4, 0.5) is 5.82 Å². The molecule has 0 saturated carbocycles. The highest BCUT2D eigenvalue weighted by molar-refractivity contribution is 7.99. The second-order valence-corrected chi connectivity index (χ2v) is 4.35. The van der Waals surface area contributed by atoms with Gasteiger partial charge in [-0.2, -0.15) is 5.10 Å². The molecule has 0 aliphatic heterocycles. The molecule has 0 aromatic carbocycles. The van der Waals surface area contributed by atoms with Gasteiger partial charge in [0.25, 0.3) is 0 Å². The Bertz CT molecular complexity index is 458. The Hall–Kier alpha value is -1.82. The van der Waals surface area contributed by atoms with Crippen molar-refractivity contribution in [1.82, 2.24) is 15.2 Å². The van der Waals surface area contributed by atoms with Crippen molar-refractivity contribution in [3.8, 4) is 0 Å². The van der Waals surface area contributed by atoms with Crippen LogP contribution in [0.1, 0.15) is 5.56 Å². The average molecular weight is 248 g/mol. The molecule has 0 radical (unpaired) electrons. The van der Waals surface area contributed by atoms with Crippen molar-refractivity contribution < 1.29 is 4.79 Å². The summed E-state index contributed by atoms with van der Waals surface area (Å²) >= 11 is 1.56. The van der Waals surface area contributed by atoms with E-state index in [2.05, 4.69) is 20.5 Å². The van der Waals surface area contributed by atoms with Crippen molar-refractivity contribution in [3.05, 3.63) is 42.4 Å². The van der Waals surface area contributed by atoms with Crippen molar-refractivity contribution >= 4 is 23.5 Å². The molecule has 6 heteroatoms.